The van der Waals surface area contributed by atoms with Crippen molar-refractivity contribution in [2.45, 2.75) is 18.9 Å². The molecule has 2 rings (SSSR count). The number of phenolic OH excluding ortho intramolecular Hbond substituents is 1. The Balaban J connectivity index is 1.83. The largest absolute Gasteiger partial charge is 0.507 e. The molecule has 0 saturated heterocycles. The van der Waals surface area contributed by atoms with Crippen molar-refractivity contribution < 1.29 is 9.90 Å². The first-order valence-corrected chi connectivity index (χ1v) is 6.84. The zero-order chi connectivity index (χ0) is 13.1. The molecule has 1 saturated carbocycles. The van der Waals surface area contributed by atoms with Crippen LogP contribution in [0.1, 0.15) is 23.2 Å². The zero-order valence-electron chi connectivity index (χ0n) is 10.3. The highest BCUT2D eigenvalue weighted by atomic mass is 79.9. The lowest BCUT2D eigenvalue weighted by Gasteiger charge is -2.15. The summed E-state index contributed by atoms with van der Waals surface area (Å²) in [7, 11) is 2.07. The molecular formula is C13H17BrN2O2. The number of carbonyl (C=O) groups excluding carboxylic acids is 1. The van der Waals surface area contributed by atoms with Gasteiger partial charge < -0.3 is 15.3 Å². The number of aromatic hydroxyl groups is 1. The number of phenols is 1. The molecule has 0 unspecified atom stereocenters. The van der Waals surface area contributed by atoms with E-state index in [1.54, 1.807) is 12.1 Å². The average Bonchev–Trinajstić information content (AvgIpc) is 3.12. The van der Waals surface area contributed by atoms with Crippen molar-refractivity contribution >= 4 is 21.8 Å². The standard InChI is InChI=1S/C13H17BrN2O2/c1-16(10-3-4-10)7-6-15-13(18)11-5-2-9(14)8-12(11)17/h2,5,8,10,17H,3-4,6-7H2,1H3,(H,15,18). The molecule has 0 aromatic heterocycles. The number of carbonyl (C=O) groups is 1. The van der Waals surface area contributed by atoms with E-state index in [-0.39, 0.29) is 11.7 Å². The Hall–Kier alpha value is -1.07. The smallest absolute Gasteiger partial charge is 0.255 e. The SMILES string of the molecule is CN(CCNC(=O)c1ccc(Br)cc1O)C1CC1. The summed E-state index contributed by atoms with van der Waals surface area (Å²) in [5, 5.41) is 12.5. The van der Waals surface area contributed by atoms with E-state index in [0.717, 1.165) is 11.0 Å². The van der Waals surface area contributed by atoms with Gasteiger partial charge in [0.2, 0.25) is 0 Å². The lowest BCUT2D eigenvalue weighted by Crippen LogP contribution is -2.33. The van der Waals surface area contributed by atoms with Crippen LogP contribution in [0.3, 0.4) is 0 Å². The Morgan fingerprint density at radius 3 is 2.89 bits per heavy atom. The van der Waals surface area contributed by atoms with E-state index in [9.17, 15) is 9.90 Å². The van der Waals surface area contributed by atoms with Crippen LogP contribution in [-0.4, -0.2) is 42.1 Å². The van der Waals surface area contributed by atoms with Gasteiger partial charge in [-0.05, 0) is 38.1 Å². The van der Waals surface area contributed by atoms with Gasteiger partial charge in [0.15, 0.2) is 0 Å². The molecule has 0 bridgehead atoms. The Morgan fingerprint density at radius 2 is 2.28 bits per heavy atom. The summed E-state index contributed by atoms with van der Waals surface area (Å²) >= 11 is 3.24. The van der Waals surface area contributed by atoms with Gasteiger partial charge in [0, 0.05) is 23.6 Å². The topological polar surface area (TPSA) is 52.6 Å². The van der Waals surface area contributed by atoms with Crippen LogP contribution >= 0.6 is 15.9 Å². The van der Waals surface area contributed by atoms with Crippen molar-refractivity contribution in [1.82, 2.24) is 10.2 Å². The number of benzene rings is 1. The molecule has 2 N–H and O–H groups in total. The first kappa shape index (κ1) is 13.4. The quantitative estimate of drug-likeness (QED) is 0.874. The van der Waals surface area contributed by atoms with Crippen LogP contribution in [0.15, 0.2) is 22.7 Å². The fraction of sp³-hybridized carbons (Fsp3) is 0.462. The fourth-order valence-corrected chi connectivity index (χ4v) is 2.18. The maximum absolute atomic E-state index is 11.8. The molecule has 0 radical (unpaired) electrons. The minimum absolute atomic E-state index is 0.00239. The van der Waals surface area contributed by atoms with E-state index in [4.69, 9.17) is 0 Å². The van der Waals surface area contributed by atoms with Crippen LogP contribution in [0.2, 0.25) is 0 Å². The Labute approximate surface area is 115 Å². The molecule has 1 aromatic carbocycles. The molecule has 1 amide bonds. The van der Waals surface area contributed by atoms with Gasteiger partial charge in [-0.15, -0.1) is 0 Å². The average molecular weight is 313 g/mol. The van der Waals surface area contributed by atoms with E-state index in [1.807, 2.05) is 0 Å². The Bertz CT molecular complexity index is 447. The lowest BCUT2D eigenvalue weighted by molar-refractivity contribution is 0.0947. The van der Waals surface area contributed by atoms with Gasteiger partial charge in [-0.1, -0.05) is 15.9 Å². The highest BCUT2D eigenvalue weighted by molar-refractivity contribution is 9.10. The Morgan fingerprint density at radius 1 is 1.56 bits per heavy atom. The van der Waals surface area contributed by atoms with Crippen molar-refractivity contribution in [3.8, 4) is 5.75 Å². The summed E-state index contributed by atoms with van der Waals surface area (Å²) < 4.78 is 0.755. The van der Waals surface area contributed by atoms with Crippen molar-refractivity contribution in [3.05, 3.63) is 28.2 Å². The summed E-state index contributed by atoms with van der Waals surface area (Å²) in [4.78, 5) is 14.1. The molecule has 1 aliphatic carbocycles. The maximum atomic E-state index is 11.8. The van der Waals surface area contributed by atoms with Crippen LogP contribution in [-0.2, 0) is 0 Å². The molecule has 5 heteroatoms. The molecule has 0 atom stereocenters. The normalized spacial score (nSPS) is 14.8. The molecule has 4 nitrogen and oxygen atoms in total. The van der Waals surface area contributed by atoms with Crippen molar-refractivity contribution in [2.75, 3.05) is 20.1 Å². The second-order valence-corrected chi connectivity index (χ2v) is 5.54. The summed E-state index contributed by atoms with van der Waals surface area (Å²) in [6.45, 7) is 1.44. The first-order valence-electron chi connectivity index (χ1n) is 6.05. The fourth-order valence-electron chi connectivity index (χ4n) is 1.84. The third-order valence-electron chi connectivity index (χ3n) is 3.12. The van der Waals surface area contributed by atoms with Gasteiger partial charge in [-0.25, -0.2) is 0 Å². The van der Waals surface area contributed by atoms with E-state index >= 15 is 0 Å². The van der Waals surface area contributed by atoms with E-state index in [2.05, 4.69) is 33.2 Å². The summed E-state index contributed by atoms with van der Waals surface area (Å²) in [6, 6.07) is 5.57. The predicted octanol–water partition coefficient (Wildman–Crippen LogP) is 1.98. The van der Waals surface area contributed by atoms with Crippen LogP contribution in [0.5, 0.6) is 5.75 Å². The van der Waals surface area contributed by atoms with E-state index in [0.29, 0.717) is 18.2 Å². The number of likely N-dealkylation sites (N-methyl/N-ethyl adjacent to an activating group) is 1. The lowest BCUT2D eigenvalue weighted by atomic mass is 10.2. The third-order valence-corrected chi connectivity index (χ3v) is 3.62. The summed E-state index contributed by atoms with van der Waals surface area (Å²) in [5.74, 6) is -0.235. The number of hydrogen-bond donors (Lipinski definition) is 2. The first-order chi connectivity index (χ1) is 8.58. The van der Waals surface area contributed by atoms with Gasteiger partial charge in [-0.3, -0.25) is 4.79 Å². The minimum Gasteiger partial charge on any atom is -0.507 e. The van der Waals surface area contributed by atoms with Gasteiger partial charge in [-0.2, -0.15) is 0 Å². The number of hydrogen-bond acceptors (Lipinski definition) is 3. The monoisotopic (exact) mass is 312 g/mol. The Kier molecular flexibility index (Phi) is 4.24. The highest BCUT2D eigenvalue weighted by Crippen LogP contribution is 2.25. The van der Waals surface area contributed by atoms with Crippen LogP contribution < -0.4 is 5.32 Å². The van der Waals surface area contributed by atoms with Crippen LogP contribution in [0.4, 0.5) is 0 Å². The van der Waals surface area contributed by atoms with E-state index in [1.165, 1.54) is 18.9 Å². The van der Waals surface area contributed by atoms with Crippen molar-refractivity contribution in [2.24, 2.45) is 0 Å². The van der Waals surface area contributed by atoms with Gasteiger partial charge in [0.05, 0.1) is 5.56 Å². The molecule has 1 aliphatic rings. The molecule has 18 heavy (non-hydrogen) atoms. The van der Waals surface area contributed by atoms with E-state index < -0.39 is 0 Å². The van der Waals surface area contributed by atoms with Crippen molar-refractivity contribution in [1.29, 1.82) is 0 Å². The molecule has 1 aromatic rings. The highest BCUT2D eigenvalue weighted by Gasteiger charge is 2.25. The third kappa shape index (κ3) is 3.46. The summed E-state index contributed by atoms with van der Waals surface area (Å²) in [6.07, 6.45) is 2.52. The van der Waals surface area contributed by atoms with Gasteiger partial charge in [0.25, 0.3) is 5.91 Å². The molecule has 0 aliphatic heterocycles. The second kappa shape index (κ2) is 5.71. The number of nitrogens with zero attached hydrogens (tertiary/aromatic N) is 1. The molecular weight excluding hydrogens is 296 g/mol. The van der Waals surface area contributed by atoms with Crippen molar-refractivity contribution in [3.63, 3.8) is 0 Å². The number of amides is 1. The van der Waals surface area contributed by atoms with Gasteiger partial charge in [0.1, 0.15) is 5.75 Å². The van der Waals surface area contributed by atoms with Crippen LogP contribution in [0.25, 0.3) is 0 Å². The molecule has 1 fully saturated rings. The maximum Gasteiger partial charge on any atom is 0.255 e. The second-order valence-electron chi connectivity index (χ2n) is 4.63. The van der Waals surface area contributed by atoms with Crippen LogP contribution in [0, 0.1) is 0 Å². The number of halogens is 1. The predicted molar refractivity (Wildman–Crippen MR) is 73.8 cm³/mol. The molecule has 0 heterocycles. The summed E-state index contributed by atoms with van der Waals surface area (Å²) in [5.41, 5.74) is 0.312. The zero-order valence-corrected chi connectivity index (χ0v) is 11.9. The number of rotatable bonds is 5. The molecule has 98 valence electrons. The van der Waals surface area contributed by atoms with Gasteiger partial charge >= 0.3 is 0 Å². The molecule has 0 spiro atoms. The minimum atomic E-state index is -0.232. The number of nitrogens with one attached hydrogen (secondary N) is 1.